The van der Waals surface area contributed by atoms with E-state index in [-0.39, 0.29) is 30.0 Å². The minimum absolute atomic E-state index is 0.0150. The summed E-state index contributed by atoms with van der Waals surface area (Å²) in [6.07, 6.45) is 0.841. The molecule has 0 spiro atoms. The number of hydrogen-bond acceptors (Lipinski definition) is 4. The second kappa shape index (κ2) is 8.43. The Morgan fingerprint density at radius 1 is 0.929 bits per heavy atom. The van der Waals surface area contributed by atoms with Gasteiger partial charge in [0.25, 0.3) is 5.91 Å². The van der Waals surface area contributed by atoms with Crippen molar-refractivity contribution in [3.05, 3.63) is 64.6 Å². The van der Waals surface area contributed by atoms with Gasteiger partial charge in [-0.25, -0.2) is 4.79 Å². The highest BCUT2D eigenvalue weighted by Crippen LogP contribution is 2.15. The van der Waals surface area contributed by atoms with Crippen LogP contribution in [0.1, 0.15) is 30.1 Å². The van der Waals surface area contributed by atoms with Crippen LogP contribution in [0.2, 0.25) is 0 Å². The molecule has 28 heavy (non-hydrogen) atoms. The van der Waals surface area contributed by atoms with Crippen molar-refractivity contribution >= 4 is 22.8 Å². The summed E-state index contributed by atoms with van der Waals surface area (Å²) in [5.41, 5.74) is 6.07. The summed E-state index contributed by atoms with van der Waals surface area (Å²) in [6, 6.07) is 13.5. The molecule has 3 rings (SSSR count). The summed E-state index contributed by atoms with van der Waals surface area (Å²) in [7, 11) is 0. The molecule has 0 aliphatic rings. The minimum atomic E-state index is -0.622. The van der Waals surface area contributed by atoms with Crippen LogP contribution in [-0.2, 0) is 17.9 Å². The lowest BCUT2D eigenvalue weighted by Crippen LogP contribution is -2.42. The Labute approximate surface area is 161 Å². The number of phenolic OH excluding ortho intramolecular Hbond substituents is 1. The van der Waals surface area contributed by atoms with Gasteiger partial charge in [0, 0.05) is 19.5 Å². The van der Waals surface area contributed by atoms with Crippen LogP contribution in [0, 0.1) is 0 Å². The maximum Gasteiger partial charge on any atom is 0.329 e. The molecule has 0 bridgehead atoms. The number of hydrogen-bond donors (Lipinski definition) is 3. The number of nitrogens with zero attached hydrogens (tertiary/aromatic N) is 2. The van der Waals surface area contributed by atoms with Crippen LogP contribution in [0.25, 0.3) is 11.0 Å². The van der Waals surface area contributed by atoms with E-state index >= 15 is 0 Å². The molecule has 0 fully saturated rings. The van der Waals surface area contributed by atoms with Gasteiger partial charge in [0.1, 0.15) is 5.75 Å². The van der Waals surface area contributed by atoms with Crippen molar-refractivity contribution in [1.82, 2.24) is 20.0 Å². The smallest absolute Gasteiger partial charge is 0.329 e. The third-order valence-corrected chi connectivity index (χ3v) is 4.40. The van der Waals surface area contributed by atoms with Crippen molar-refractivity contribution in [2.45, 2.75) is 32.9 Å². The second-order valence-electron chi connectivity index (χ2n) is 6.34. The number of benzene rings is 2. The highest BCUT2D eigenvalue weighted by molar-refractivity contribution is 5.97. The van der Waals surface area contributed by atoms with Crippen molar-refractivity contribution in [2.75, 3.05) is 0 Å². The standard InChI is InChI=1S/C20H22N4O4/c1-2-12-23-15-8-4-5-9-16(15)24(20(23)28)13-11-18(26)21-22-19(27)14-7-3-6-10-17(14)25/h3-10,25H,2,11-13H2,1H3,(H,21,26)(H,22,27). The Hall–Kier alpha value is -3.55. The summed E-state index contributed by atoms with van der Waals surface area (Å²) >= 11 is 0. The van der Waals surface area contributed by atoms with Gasteiger partial charge in [0.15, 0.2) is 0 Å². The van der Waals surface area contributed by atoms with Gasteiger partial charge >= 0.3 is 5.69 Å². The predicted molar refractivity (Wildman–Crippen MR) is 105 cm³/mol. The number of aromatic hydroxyl groups is 1. The topological polar surface area (TPSA) is 105 Å². The molecular formula is C20H22N4O4. The number of imidazole rings is 1. The van der Waals surface area contributed by atoms with E-state index in [1.54, 1.807) is 21.3 Å². The zero-order valence-electron chi connectivity index (χ0n) is 15.5. The molecule has 0 saturated carbocycles. The average molecular weight is 382 g/mol. The molecule has 0 atom stereocenters. The predicted octanol–water partition coefficient (Wildman–Crippen LogP) is 1.77. The molecular weight excluding hydrogens is 360 g/mol. The molecule has 2 aromatic carbocycles. The minimum Gasteiger partial charge on any atom is -0.507 e. The van der Waals surface area contributed by atoms with E-state index in [0.29, 0.717) is 6.54 Å². The van der Waals surface area contributed by atoms with E-state index in [0.717, 1.165) is 17.5 Å². The van der Waals surface area contributed by atoms with E-state index in [9.17, 15) is 19.5 Å². The largest absolute Gasteiger partial charge is 0.507 e. The summed E-state index contributed by atoms with van der Waals surface area (Å²) in [4.78, 5) is 36.8. The first-order valence-corrected chi connectivity index (χ1v) is 9.08. The van der Waals surface area contributed by atoms with Gasteiger partial charge in [-0.1, -0.05) is 31.2 Å². The molecule has 1 heterocycles. The summed E-state index contributed by atoms with van der Waals surface area (Å²) in [5.74, 6) is -1.24. The Morgan fingerprint density at radius 2 is 1.54 bits per heavy atom. The van der Waals surface area contributed by atoms with Crippen LogP contribution < -0.4 is 16.5 Å². The van der Waals surface area contributed by atoms with Gasteiger partial charge in [-0.2, -0.15) is 0 Å². The molecule has 0 saturated heterocycles. The normalized spacial score (nSPS) is 10.8. The lowest BCUT2D eigenvalue weighted by molar-refractivity contribution is -0.122. The van der Waals surface area contributed by atoms with Crippen molar-refractivity contribution in [1.29, 1.82) is 0 Å². The first kappa shape index (κ1) is 19.2. The summed E-state index contributed by atoms with van der Waals surface area (Å²) in [6.45, 7) is 2.79. The van der Waals surface area contributed by atoms with Crippen molar-refractivity contribution < 1.29 is 14.7 Å². The molecule has 8 heteroatoms. The molecule has 0 aliphatic heterocycles. The van der Waals surface area contributed by atoms with E-state index in [1.165, 1.54) is 12.1 Å². The number of hydrazine groups is 1. The number of nitrogens with one attached hydrogen (secondary N) is 2. The van der Waals surface area contributed by atoms with Gasteiger partial charge in [0.2, 0.25) is 5.91 Å². The molecule has 2 amide bonds. The number of carbonyl (C=O) groups is 2. The van der Waals surface area contributed by atoms with E-state index in [1.807, 2.05) is 31.2 Å². The lowest BCUT2D eigenvalue weighted by atomic mass is 10.2. The monoisotopic (exact) mass is 382 g/mol. The van der Waals surface area contributed by atoms with Crippen LogP contribution in [0.15, 0.2) is 53.3 Å². The third-order valence-electron chi connectivity index (χ3n) is 4.40. The van der Waals surface area contributed by atoms with Crippen LogP contribution in [0.3, 0.4) is 0 Å². The molecule has 8 nitrogen and oxygen atoms in total. The van der Waals surface area contributed by atoms with E-state index < -0.39 is 11.8 Å². The summed E-state index contributed by atoms with van der Waals surface area (Å²) < 4.78 is 3.27. The Balaban J connectivity index is 1.65. The van der Waals surface area contributed by atoms with Crippen LogP contribution >= 0.6 is 0 Å². The quantitative estimate of drug-likeness (QED) is 0.565. The van der Waals surface area contributed by atoms with Crippen molar-refractivity contribution in [2.24, 2.45) is 0 Å². The number of carbonyl (C=O) groups excluding carboxylic acids is 2. The molecule has 146 valence electrons. The third kappa shape index (κ3) is 3.90. The van der Waals surface area contributed by atoms with Crippen molar-refractivity contribution in [3.8, 4) is 5.75 Å². The van der Waals surface area contributed by atoms with Crippen LogP contribution in [-0.4, -0.2) is 26.1 Å². The molecule has 1 aromatic heterocycles. The fourth-order valence-corrected chi connectivity index (χ4v) is 3.06. The first-order chi connectivity index (χ1) is 13.5. The van der Waals surface area contributed by atoms with Gasteiger partial charge in [-0.3, -0.25) is 29.6 Å². The number of amides is 2. The zero-order valence-corrected chi connectivity index (χ0v) is 15.5. The lowest BCUT2D eigenvalue weighted by Gasteiger charge is -2.09. The van der Waals surface area contributed by atoms with Crippen molar-refractivity contribution in [3.63, 3.8) is 0 Å². The Bertz CT molecular complexity index is 1070. The fourth-order valence-electron chi connectivity index (χ4n) is 3.06. The fraction of sp³-hybridized carbons (Fsp3) is 0.250. The highest BCUT2D eigenvalue weighted by Gasteiger charge is 2.14. The maximum absolute atomic E-state index is 12.7. The number of aryl methyl sites for hydroxylation is 2. The Kier molecular flexibility index (Phi) is 5.78. The van der Waals surface area contributed by atoms with Crippen LogP contribution in [0.5, 0.6) is 5.75 Å². The molecule has 0 unspecified atom stereocenters. The van der Waals surface area contributed by atoms with Gasteiger partial charge in [-0.15, -0.1) is 0 Å². The number of phenols is 1. The molecule has 0 radical (unpaired) electrons. The first-order valence-electron chi connectivity index (χ1n) is 9.08. The van der Waals surface area contributed by atoms with E-state index in [4.69, 9.17) is 0 Å². The molecule has 0 aliphatic carbocycles. The Morgan fingerprint density at radius 3 is 2.18 bits per heavy atom. The number of aromatic nitrogens is 2. The average Bonchev–Trinajstić information content (AvgIpc) is 2.96. The number of para-hydroxylation sites is 3. The molecule has 3 aromatic rings. The summed E-state index contributed by atoms with van der Waals surface area (Å²) in [5, 5.41) is 9.66. The van der Waals surface area contributed by atoms with Gasteiger partial charge < -0.3 is 5.11 Å². The SMILES string of the molecule is CCCn1c(=O)n(CCC(=O)NNC(=O)c2ccccc2O)c2ccccc21. The van der Waals surface area contributed by atoms with Crippen LogP contribution in [0.4, 0.5) is 0 Å². The van der Waals surface area contributed by atoms with Gasteiger partial charge in [-0.05, 0) is 30.7 Å². The molecule has 3 N–H and O–H groups in total. The zero-order chi connectivity index (χ0) is 20.1. The van der Waals surface area contributed by atoms with Gasteiger partial charge in [0.05, 0.1) is 16.6 Å². The number of fused-ring (bicyclic) bond motifs is 1. The number of rotatable bonds is 6. The maximum atomic E-state index is 12.7. The van der Waals surface area contributed by atoms with E-state index in [2.05, 4.69) is 10.9 Å². The highest BCUT2D eigenvalue weighted by atomic mass is 16.3. The second-order valence-corrected chi connectivity index (χ2v) is 6.34.